The van der Waals surface area contributed by atoms with E-state index in [1.165, 1.54) is 0 Å². The Kier molecular flexibility index (Phi) is 3.90. The predicted octanol–water partition coefficient (Wildman–Crippen LogP) is 2.61. The fourth-order valence-electron chi connectivity index (χ4n) is 2.30. The number of benzene rings is 1. The number of aromatic nitrogens is 2. The van der Waals surface area contributed by atoms with Gasteiger partial charge >= 0.3 is 0 Å². The van der Waals surface area contributed by atoms with Crippen molar-refractivity contribution < 1.29 is 9.84 Å². The van der Waals surface area contributed by atoms with Gasteiger partial charge in [-0.15, -0.1) is 0 Å². The first-order valence-corrected chi connectivity index (χ1v) is 6.44. The number of methoxy groups -OCH3 is 1. The maximum absolute atomic E-state index is 10.6. The molecule has 102 valence electrons. The average Bonchev–Trinajstić information content (AvgIpc) is 2.89. The molecule has 1 aromatic carbocycles. The normalized spacial score (nSPS) is 12.5. The molecule has 0 spiro atoms. The van der Waals surface area contributed by atoms with E-state index in [1.54, 1.807) is 18.0 Å². The van der Waals surface area contributed by atoms with Crippen LogP contribution in [0.2, 0.25) is 0 Å². The summed E-state index contributed by atoms with van der Waals surface area (Å²) in [4.78, 5) is 0. The predicted molar refractivity (Wildman–Crippen MR) is 74.4 cm³/mol. The molecule has 0 fully saturated rings. The lowest BCUT2D eigenvalue weighted by Gasteiger charge is -2.18. The van der Waals surface area contributed by atoms with E-state index in [9.17, 15) is 5.11 Å². The third-order valence-corrected chi connectivity index (χ3v) is 3.53. The molecule has 19 heavy (non-hydrogen) atoms. The van der Waals surface area contributed by atoms with Crippen LogP contribution in [0.15, 0.2) is 24.4 Å². The molecule has 0 aliphatic heterocycles. The fourth-order valence-corrected chi connectivity index (χ4v) is 2.30. The largest absolute Gasteiger partial charge is 0.496 e. The molecule has 2 aromatic rings. The summed E-state index contributed by atoms with van der Waals surface area (Å²) in [5.74, 6) is 0.747. The number of nitrogens with zero attached hydrogens (tertiary/aromatic N) is 2. The second kappa shape index (κ2) is 5.45. The molecule has 0 radical (unpaired) electrons. The van der Waals surface area contributed by atoms with Gasteiger partial charge in [0, 0.05) is 18.3 Å². The molecular formula is C15H20N2O2. The van der Waals surface area contributed by atoms with Crippen molar-refractivity contribution >= 4 is 0 Å². The third kappa shape index (κ3) is 2.36. The van der Waals surface area contributed by atoms with Crippen molar-refractivity contribution in [3.8, 4) is 5.75 Å². The van der Waals surface area contributed by atoms with Crippen LogP contribution in [0.3, 0.4) is 0 Å². The minimum absolute atomic E-state index is 0.725. The molecule has 0 saturated carbocycles. The number of ether oxygens (including phenoxy) is 1. The zero-order chi connectivity index (χ0) is 14.0. The van der Waals surface area contributed by atoms with Gasteiger partial charge in [-0.25, -0.2) is 0 Å². The SMILES string of the molecule is CCn1nccc1C(O)c1ccc(C)c(C)c1OC. The number of hydrogen-bond donors (Lipinski definition) is 1. The van der Waals surface area contributed by atoms with Gasteiger partial charge in [-0.05, 0) is 38.0 Å². The van der Waals surface area contributed by atoms with Gasteiger partial charge in [-0.1, -0.05) is 12.1 Å². The Morgan fingerprint density at radius 1 is 1.32 bits per heavy atom. The Bertz CT molecular complexity index is 576. The lowest BCUT2D eigenvalue weighted by Crippen LogP contribution is -2.10. The number of rotatable bonds is 4. The summed E-state index contributed by atoms with van der Waals surface area (Å²) >= 11 is 0. The summed E-state index contributed by atoms with van der Waals surface area (Å²) in [6.07, 6.45) is 0.979. The second-order valence-corrected chi connectivity index (χ2v) is 4.60. The van der Waals surface area contributed by atoms with Crippen molar-refractivity contribution in [2.75, 3.05) is 7.11 Å². The van der Waals surface area contributed by atoms with Crippen molar-refractivity contribution in [2.45, 2.75) is 33.4 Å². The first-order valence-electron chi connectivity index (χ1n) is 6.44. The smallest absolute Gasteiger partial charge is 0.128 e. The summed E-state index contributed by atoms with van der Waals surface area (Å²) < 4.78 is 7.25. The summed E-state index contributed by atoms with van der Waals surface area (Å²) in [6.45, 7) is 6.76. The highest BCUT2D eigenvalue weighted by atomic mass is 16.5. The van der Waals surface area contributed by atoms with Crippen molar-refractivity contribution in [3.05, 3.63) is 46.8 Å². The van der Waals surface area contributed by atoms with Crippen molar-refractivity contribution in [1.29, 1.82) is 0 Å². The summed E-state index contributed by atoms with van der Waals surface area (Å²) in [7, 11) is 1.63. The fraction of sp³-hybridized carbons (Fsp3) is 0.400. The Hall–Kier alpha value is -1.81. The van der Waals surface area contributed by atoms with Crippen LogP contribution in [0.4, 0.5) is 0 Å². The van der Waals surface area contributed by atoms with Crippen molar-refractivity contribution in [3.63, 3.8) is 0 Å². The van der Waals surface area contributed by atoms with Crippen LogP contribution < -0.4 is 4.74 Å². The van der Waals surface area contributed by atoms with Crippen LogP contribution in [0.25, 0.3) is 0 Å². The lowest BCUT2D eigenvalue weighted by molar-refractivity contribution is 0.202. The van der Waals surface area contributed by atoms with E-state index in [0.29, 0.717) is 0 Å². The molecule has 0 saturated heterocycles. The third-order valence-electron chi connectivity index (χ3n) is 3.53. The second-order valence-electron chi connectivity index (χ2n) is 4.60. The molecule has 0 bridgehead atoms. The van der Waals surface area contributed by atoms with Crippen LogP contribution in [-0.4, -0.2) is 22.0 Å². The minimum Gasteiger partial charge on any atom is -0.496 e. The topological polar surface area (TPSA) is 47.3 Å². The van der Waals surface area contributed by atoms with Crippen LogP contribution in [-0.2, 0) is 6.54 Å². The highest BCUT2D eigenvalue weighted by molar-refractivity contribution is 5.48. The van der Waals surface area contributed by atoms with Gasteiger partial charge in [0.15, 0.2) is 0 Å². The molecule has 0 aliphatic carbocycles. The first-order chi connectivity index (χ1) is 9.10. The summed E-state index contributed by atoms with van der Waals surface area (Å²) in [5.41, 5.74) is 3.77. The van der Waals surface area contributed by atoms with Crippen LogP contribution in [0.5, 0.6) is 5.75 Å². The Labute approximate surface area is 113 Å². The number of aryl methyl sites for hydroxylation is 2. The average molecular weight is 260 g/mol. The molecular weight excluding hydrogens is 240 g/mol. The molecule has 4 heteroatoms. The van der Waals surface area contributed by atoms with Gasteiger partial charge in [0.1, 0.15) is 11.9 Å². The molecule has 1 atom stereocenters. The van der Waals surface area contributed by atoms with E-state index < -0.39 is 6.10 Å². The Morgan fingerprint density at radius 2 is 2.05 bits per heavy atom. The number of aliphatic hydroxyl groups is 1. The molecule has 1 aromatic heterocycles. The Balaban J connectivity index is 2.50. The van der Waals surface area contributed by atoms with Crippen molar-refractivity contribution in [1.82, 2.24) is 9.78 Å². The molecule has 1 heterocycles. The quantitative estimate of drug-likeness (QED) is 0.919. The highest BCUT2D eigenvalue weighted by Crippen LogP contribution is 2.33. The van der Waals surface area contributed by atoms with E-state index in [0.717, 1.165) is 34.7 Å². The highest BCUT2D eigenvalue weighted by Gasteiger charge is 2.20. The van der Waals surface area contributed by atoms with Gasteiger partial charge in [0.2, 0.25) is 0 Å². The lowest BCUT2D eigenvalue weighted by atomic mass is 9.99. The first kappa shape index (κ1) is 13.6. The van der Waals surface area contributed by atoms with Crippen molar-refractivity contribution in [2.24, 2.45) is 0 Å². The van der Waals surface area contributed by atoms with E-state index in [-0.39, 0.29) is 0 Å². The summed E-state index contributed by atoms with van der Waals surface area (Å²) in [6, 6.07) is 5.75. The molecule has 1 unspecified atom stereocenters. The molecule has 4 nitrogen and oxygen atoms in total. The van der Waals surface area contributed by atoms with E-state index in [1.807, 2.05) is 39.0 Å². The van der Waals surface area contributed by atoms with E-state index >= 15 is 0 Å². The van der Waals surface area contributed by atoms with Gasteiger partial charge in [0.25, 0.3) is 0 Å². The van der Waals surface area contributed by atoms with Gasteiger partial charge in [0.05, 0.1) is 12.8 Å². The number of hydrogen-bond acceptors (Lipinski definition) is 3. The van der Waals surface area contributed by atoms with Gasteiger partial charge in [-0.2, -0.15) is 5.10 Å². The zero-order valence-corrected chi connectivity index (χ0v) is 11.8. The number of aliphatic hydroxyl groups excluding tert-OH is 1. The summed E-state index contributed by atoms with van der Waals surface area (Å²) in [5, 5.41) is 14.8. The zero-order valence-electron chi connectivity index (χ0n) is 11.8. The van der Waals surface area contributed by atoms with Crippen LogP contribution in [0.1, 0.15) is 35.4 Å². The van der Waals surface area contributed by atoms with E-state index in [4.69, 9.17) is 4.74 Å². The molecule has 0 amide bonds. The molecule has 1 N–H and O–H groups in total. The van der Waals surface area contributed by atoms with Crippen LogP contribution >= 0.6 is 0 Å². The maximum atomic E-state index is 10.6. The standard InChI is InChI=1S/C15H20N2O2/c1-5-17-13(8-9-16-17)14(18)12-7-6-10(2)11(3)15(12)19-4/h6-9,14,18H,5H2,1-4H3. The van der Waals surface area contributed by atoms with Gasteiger partial charge < -0.3 is 9.84 Å². The Morgan fingerprint density at radius 3 is 2.68 bits per heavy atom. The maximum Gasteiger partial charge on any atom is 0.128 e. The minimum atomic E-state index is -0.725. The molecule has 2 rings (SSSR count). The molecule has 0 aliphatic rings. The monoisotopic (exact) mass is 260 g/mol. The van der Waals surface area contributed by atoms with E-state index in [2.05, 4.69) is 5.10 Å². The van der Waals surface area contributed by atoms with Crippen LogP contribution in [0, 0.1) is 13.8 Å². The van der Waals surface area contributed by atoms with Gasteiger partial charge in [-0.3, -0.25) is 4.68 Å².